The van der Waals surface area contributed by atoms with Gasteiger partial charge in [-0.1, -0.05) is 0 Å². The predicted octanol–water partition coefficient (Wildman–Crippen LogP) is 2.70. The third-order valence-corrected chi connectivity index (χ3v) is 9.84. The summed E-state index contributed by atoms with van der Waals surface area (Å²) in [7, 11) is 4.79. The van der Waals surface area contributed by atoms with Crippen LogP contribution in [0, 0.1) is 0 Å². The summed E-state index contributed by atoms with van der Waals surface area (Å²) in [6.45, 7) is 1.38. The molecule has 0 aromatic carbocycles. The molecule has 10 heteroatoms. The molecule has 0 heterocycles. The summed E-state index contributed by atoms with van der Waals surface area (Å²) in [4.78, 5) is 1.77. The van der Waals surface area contributed by atoms with Gasteiger partial charge >= 0.3 is 160 Å². The zero-order chi connectivity index (χ0) is 17.7. The van der Waals surface area contributed by atoms with Crippen LogP contribution < -0.4 is 0 Å². The first kappa shape index (κ1) is 23.3. The van der Waals surface area contributed by atoms with Crippen LogP contribution in [0.1, 0.15) is 19.3 Å². The van der Waals surface area contributed by atoms with Crippen LogP contribution >= 0.6 is 36.7 Å². The van der Waals surface area contributed by atoms with Crippen LogP contribution in [0.2, 0.25) is 4.94 Å². The molecule has 0 unspecified atom stereocenters. The van der Waals surface area contributed by atoms with E-state index in [4.69, 9.17) is 60.1 Å². The Labute approximate surface area is 159 Å². The van der Waals surface area contributed by atoms with Gasteiger partial charge in [0.05, 0.1) is 0 Å². The van der Waals surface area contributed by atoms with Crippen molar-refractivity contribution in [2.24, 2.45) is 0 Å². The molecule has 0 radical (unpaired) electrons. The van der Waals surface area contributed by atoms with Crippen molar-refractivity contribution in [3.63, 3.8) is 0 Å². The summed E-state index contributed by atoms with van der Waals surface area (Å²) in [6, 6.07) is 0. The number of thiocarbonyl (C=S) groups is 3. The first-order valence-corrected chi connectivity index (χ1v) is 14.6. The van der Waals surface area contributed by atoms with E-state index in [0.29, 0.717) is 54.2 Å². The Morgan fingerprint density at radius 2 is 0.913 bits per heavy atom. The van der Waals surface area contributed by atoms with Crippen LogP contribution in [-0.4, -0.2) is 75.9 Å². The summed E-state index contributed by atoms with van der Waals surface area (Å²) in [5.74, 6) is 0. The van der Waals surface area contributed by atoms with Gasteiger partial charge < -0.3 is 0 Å². The van der Waals surface area contributed by atoms with Crippen LogP contribution in [-0.2, 0) is 23.4 Å². The van der Waals surface area contributed by atoms with Crippen molar-refractivity contribution in [1.29, 1.82) is 0 Å². The standard InChI is InChI=1S/3C4H8O2S.CH3.Sn/c3*1-6-3-2-4(5)7;;/h3*2-3H2,1H3,(H,5,7);1H3;/q;;;;+3/p-3. The van der Waals surface area contributed by atoms with E-state index < -0.39 is 19.6 Å². The van der Waals surface area contributed by atoms with E-state index in [-0.39, 0.29) is 0 Å². The van der Waals surface area contributed by atoms with Gasteiger partial charge in [-0.05, 0) is 0 Å². The maximum atomic E-state index is 5.80. The number of hydrogen-bond acceptors (Lipinski definition) is 9. The van der Waals surface area contributed by atoms with Crippen LogP contribution in [0.25, 0.3) is 0 Å². The Kier molecular flexibility index (Phi) is 13.8. The molecule has 0 amide bonds. The fourth-order valence-electron chi connectivity index (χ4n) is 1.39. The Balaban J connectivity index is 4.77. The van der Waals surface area contributed by atoms with Gasteiger partial charge in [0.2, 0.25) is 0 Å². The fraction of sp³-hybridized carbons (Fsp3) is 0.769. The van der Waals surface area contributed by atoms with Crippen LogP contribution in [0.5, 0.6) is 0 Å². The molecule has 23 heavy (non-hydrogen) atoms. The van der Waals surface area contributed by atoms with E-state index in [1.54, 1.807) is 26.3 Å². The van der Waals surface area contributed by atoms with Gasteiger partial charge in [-0.15, -0.1) is 0 Å². The average Bonchev–Trinajstić information content (AvgIpc) is 2.48. The molecule has 0 aromatic rings. The van der Waals surface area contributed by atoms with E-state index >= 15 is 0 Å². The quantitative estimate of drug-likeness (QED) is 0.303. The van der Waals surface area contributed by atoms with E-state index in [9.17, 15) is 0 Å². The normalized spacial score (nSPS) is 11.0. The van der Waals surface area contributed by atoms with Gasteiger partial charge in [0.25, 0.3) is 0 Å². The topological polar surface area (TPSA) is 55.4 Å². The molecule has 0 aliphatic heterocycles. The number of hydrogen-bond donors (Lipinski definition) is 0. The molecule has 0 saturated carbocycles. The van der Waals surface area contributed by atoms with E-state index in [1.807, 2.05) is 0 Å². The molecule has 0 aliphatic rings. The van der Waals surface area contributed by atoms with Crippen molar-refractivity contribution in [3.05, 3.63) is 0 Å². The summed E-state index contributed by atoms with van der Waals surface area (Å²) in [6.07, 6.45) is 1.42. The second-order valence-electron chi connectivity index (χ2n) is 4.51. The number of ether oxygens (including phenoxy) is 3. The van der Waals surface area contributed by atoms with Gasteiger partial charge in [-0.2, -0.15) is 0 Å². The Morgan fingerprint density at radius 3 is 1.13 bits per heavy atom. The third kappa shape index (κ3) is 12.4. The Bertz CT molecular complexity index is 339. The molecule has 0 bridgehead atoms. The molecular formula is C13H24O6S3Sn. The average molecular weight is 491 g/mol. The Morgan fingerprint density at radius 1 is 0.652 bits per heavy atom. The van der Waals surface area contributed by atoms with Gasteiger partial charge in [-0.3, -0.25) is 0 Å². The SMILES string of the molecule is COCCC(=S)[O][Sn]([CH3])([O]C(=S)CCOC)[O]C(=S)CCOC. The van der Waals surface area contributed by atoms with Crippen molar-refractivity contribution in [1.82, 2.24) is 0 Å². The van der Waals surface area contributed by atoms with E-state index in [2.05, 4.69) is 0 Å². The molecule has 0 spiro atoms. The summed E-state index contributed by atoms with van der Waals surface area (Å²) in [5, 5.41) is 1.11. The fourth-order valence-corrected chi connectivity index (χ4v) is 9.46. The molecule has 0 fully saturated rings. The molecule has 0 saturated heterocycles. The number of methoxy groups -OCH3 is 3. The van der Waals surface area contributed by atoms with Gasteiger partial charge in [0.15, 0.2) is 0 Å². The third-order valence-electron chi connectivity index (χ3n) is 2.43. The Hall–Kier alpha value is 0.349. The molecule has 0 rings (SSSR count). The van der Waals surface area contributed by atoms with Crippen molar-refractivity contribution >= 4 is 71.4 Å². The second kappa shape index (κ2) is 13.6. The van der Waals surface area contributed by atoms with Crippen LogP contribution in [0.3, 0.4) is 0 Å². The first-order chi connectivity index (χ1) is 10.9. The summed E-state index contributed by atoms with van der Waals surface area (Å²) < 4.78 is 32.4. The zero-order valence-corrected chi connectivity index (χ0v) is 19.2. The molecule has 134 valence electrons. The molecule has 6 nitrogen and oxygen atoms in total. The van der Waals surface area contributed by atoms with Gasteiger partial charge in [0.1, 0.15) is 0 Å². The number of rotatable bonds is 12. The van der Waals surface area contributed by atoms with Crippen molar-refractivity contribution in [2.75, 3.05) is 41.2 Å². The summed E-state index contributed by atoms with van der Waals surface area (Å²) >= 11 is 11.6. The van der Waals surface area contributed by atoms with Crippen LogP contribution in [0.15, 0.2) is 0 Å². The zero-order valence-electron chi connectivity index (χ0n) is 13.9. The molecule has 0 aliphatic carbocycles. The van der Waals surface area contributed by atoms with Crippen LogP contribution in [0.4, 0.5) is 0 Å². The van der Waals surface area contributed by atoms with E-state index in [0.717, 1.165) is 0 Å². The van der Waals surface area contributed by atoms with E-state index in [1.165, 1.54) is 0 Å². The van der Waals surface area contributed by atoms with Crippen molar-refractivity contribution in [3.8, 4) is 0 Å². The summed E-state index contributed by atoms with van der Waals surface area (Å²) in [5.41, 5.74) is 0. The molecule has 0 atom stereocenters. The predicted molar refractivity (Wildman–Crippen MR) is 102 cm³/mol. The molecule has 0 N–H and O–H groups in total. The minimum absolute atomic E-state index is 0.370. The van der Waals surface area contributed by atoms with Gasteiger partial charge in [0, 0.05) is 0 Å². The van der Waals surface area contributed by atoms with Gasteiger partial charge in [-0.25, -0.2) is 0 Å². The monoisotopic (exact) mass is 492 g/mol. The van der Waals surface area contributed by atoms with Crippen molar-refractivity contribution < 1.29 is 23.4 Å². The maximum absolute atomic E-state index is 5.80. The minimum atomic E-state index is -4.02. The van der Waals surface area contributed by atoms with Crippen molar-refractivity contribution in [2.45, 2.75) is 24.2 Å². The molecular weight excluding hydrogens is 467 g/mol. The first-order valence-electron chi connectivity index (χ1n) is 6.99. The second-order valence-corrected chi connectivity index (χ2v) is 12.5. The molecule has 0 aromatic heterocycles.